The first-order chi connectivity index (χ1) is 14.9. The molecule has 8 N–H and O–H groups in total. The van der Waals surface area contributed by atoms with Crippen LogP contribution in [0.5, 0.6) is 0 Å². The molecule has 1 aromatic heterocycles. The highest BCUT2D eigenvalue weighted by molar-refractivity contribution is 5.95. The Morgan fingerprint density at radius 1 is 1.03 bits per heavy atom. The number of amides is 4. The van der Waals surface area contributed by atoms with Gasteiger partial charge in [-0.25, -0.2) is 4.98 Å². The normalized spacial score (nSPS) is 14.7. The molecule has 4 amide bonds. The summed E-state index contributed by atoms with van der Waals surface area (Å²) in [5.74, 6) is -4.58. The number of nitrogens with zero attached hydrogens (tertiary/aromatic N) is 1. The van der Waals surface area contributed by atoms with Gasteiger partial charge in [0.2, 0.25) is 23.6 Å². The van der Waals surface area contributed by atoms with Gasteiger partial charge in [-0.2, -0.15) is 0 Å². The van der Waals surface area contributed by atoms with Gasteiger partial charge in [0.15, 0.2) is 0 Å². The van der Waals surface area contributed by atoms with Crippen molar-refractivity contribution in [3.63, 3.8) is 0 Å². The molecule has 0 aliphatic heterocycles. The molecule has 1 aromatic rings. The van der Waals surface area contributed by atoms with E-state index in [1.807, 2.05) is 13.8 Å². The van der Waals surface area contributed by atoms with Crippen LogP contribution in [0.2, 0.25) is 0 Å². The number of H-pyrrole nitrogens is 1. The molecule has 0 unspecified atom stereocenters. The zero-order valence-corrected chi connectivity index (χ0v) is 18.1. The van der Waals surface area contributed by atoms with Gasteiger partial charge in [0.05, 0.1) is 18.9 Å². The topological polar surface area (TPSA) is 217 Å². The summed E-state index contributed by atoms with van der Waals surface area (Å²) >= 11 is 0. The van der Waals surface area contributed by atoms with Crippen LogP contribution in [0, 0.1) is 5.92 Å². The summed E-state index contributed by atoms with van der Waals surface area (Å²) in [5, 5.41) is 25.9. The molecule has 0 saturated carbocycles. The molecule has 0 fully saturated rings. The lowest BCUT2D eigenvalue weighted by Gasteiger charge is -2.26. The van der Waals surface area contributed by atoms with E-state index in [1.165, 1.54) is 19.4 Å². The predicted molar refractivity (Wildman–Crippen MR) is 111 cm³/mol. The number of carbonyl (C=O) groups is 5. The molecule has 0 spiro atoms. The standard InChI is InChI=1S/C19H30N6O7/c1-9(2)4-14(27)23-13(5-11-7-21-8-22-11)18(31)25-16(10(3)26)19(32)24-12(17(20)30)6-15(28)29/h7-10,12-13,16,26H,4-6H2,1-3H3,(H2,20,30)(H,21,22)(H,23,27)(H,24,32)(H,25,31)(H,28,29)/t10-,12+,13+,16+/m1/s1. The minimum Gasteiger partial charge on any atom is -0.481 e. The van der Waals surface area contributed by atoms with E-state index in [0.29, 0.717) is 5.69 Å². The van der Waals surface area contributed by atoms with Gasteiger partial charge in [0, 0.05) is 24.7 Å². The summed E-state index contributed by atoms with van der Waals surface area (Å²) in [7, 11) is 0. The number of carbonyl (C=O) groups excluding carboxylic acids is 4. The van der Waals surface area contributed by atoms with Crippen LogP contribution >= 0.6 is 0 Å². The van der Waals surface area contributed by atoms with Crippen molar-refractivity contribution >= 4 is 29.6 Å². The molecular formula is C19H30N6O7. The average molecular weight is 454 g/mol. The quantitative estimate of drug-likeness (QED) is 0.173. The molecule has 0 aliphatic rings. The maximum absolute atomic E-state index is 12.9. The number of imidazole rings is 1. The second kappa shape index (κ2) is 12.4. The smallest absolute Gasteiger partial charge is 0.305 e. The number of carboxylic acids is 1. The molecule has 0 aliphatic carbocycles. The van der Waals surface area contributed by atoms with E-state index in [2.05, 4.69) is 25.9 Å². The summed E-state index contributed by atoms with van der Waals surface area (Å²) in [6.07, 6.45) is 0.900. The van der Waals surface area contributed by atoms with E-state index in [9.17, 15) is 29.1 Å². The van der Waals surface area contributed by atoms with E-state index < -0.39 is 54.3 Å². The Morgan fingerprint density at radius 2 is 1.69 bits per heavy atom. The van der Waals surface area contributed by atoms with Crippen LogP contribution in [0.4, 0.5) is 0 Å². The number of nitrogens with two attached hydrogens (primary N) is 1. The van der Waals surface area contributed by atoms with Gasteiger partial charge in [-0.1, -0.05) is 13.8 Å². The number of aliphatic hydroxyl groups is 1. The number of nitrogens with one attached hydrogen (secondary N) is 4. The Balaban J connectivity index is 2.97. The minimum atomic E-state index is -1.54. The first kappa shape index (κ1) is 26.6. The number of aliphatic hydroxyl groups excluding tert-OH is 1. The van der Waals surface area contributed by atoms with E-state index in [-0.39, 0.29) is 24.7 Å². The molecule has 1 rings (SSSR count). The van der Waals surface area contributed by atoms with E-state index in [0.717, 1.165) is 0 Å². The molecule has 0 radical (unpaired) electrons. The zero-order chi connectivity index (χ0) is 24.4. The van der Waals surface area contributed by atoms with Crippen molar-refractivity contribution in [2.24, 2.45) is 11.7 Å². The van der Waals surface area contributed by atoms with Crippen molar-refractivity contribution in [2.45, 2.75) is 64.3 Å². The van der Waals surface area contributed by atoms with Gasteiger partial charge in [-0.15, -0.1) is 0 Å². The predicted octanol–water partition coefficient (Wildman–Crippen LogP) is -2.21. The molecule has 32 heavy (non-hydrogen) atoms. The second-order valence-corrected chi connectivity index (χ2v) is 7.79. The Labute approximate surface area is 184 Å². The van der Waals surface area contributed by atoms with Crippen molar-refractivity contribution in [1.29, 1.82) is 0 Å². The lowest BCUT2D eigenvalue weighted by atomic mass is 10.1. The number of primary amides is 1. The van der Waals surface area contributed by atoms with Crippen LogP contribution in [0.1, 0.15) is 39.3 Å². The number of hydrogen-bond acceptors (Lipinski definition) is 7. The maximum Gasteiger partial charge on any atom is 0.305 e. The van der Waals surface area contributed by atoms with Gasteiger partial charge < -0.3 is 36.9 Å². The maximum atomic E-state index is 12.9. The first-order valence-corrected chi connectivity index (χ1v) is 9.97. The fraction of sp³-hybridized carbons (Fsp3) is 0.579. The lowest BCUT2D eigenvalue weighted by Crippen LogP contribution is -2.60. The Bertz CT molecular complexity index is 809. The number of carboxylic acid groups (broad SMARTS) is 1. The molecule has 13 nitrogen and oxygen atoms in total. The summed E-state index contributed by atoms with van der Waals surface area (Å²) in [5.41, 5.74) is 5.65. The Morgan fingerprint density at radius 3 is 2.16 bits per heavy atom. The van der Waals surface area contributed by atoms with Crippen molar-refractivity contribution in [2.75, 3.05) is 0 Å². The van der Waals surface area contributed by atoms with Crippen molar-refractivity contribution < 1.29 is 34.2 Å². The summed E-state index contributed by atoms with van der Waals surface area (Å²) < 4.78 is 0. The largest absolute Gasteiger partial charge is 0.481 e. The minimum absolute atomic E-state index is 0.0345. The van der Waals surface area contributed by atoms with Gasteiger partial charge in [-0.05, 0) is 12.8 Å². The summed E-state index contributed by atoms with van der Waals surface area (Å²) in [4.78, 5) is 66.6. The van der Waals surface area contributed by atoms with Crippen molar-refractivity contribution in [1.82, 2.24) is 25.9 Å². The summed E-state index contributed by atoms with van der Waals surface area (Å²) in [6, 6.07) is -4.17. The van der Waals surface area contributed by atoms with Crippen LogP contribution in [-0.2, 0) is 30.4 Å². The number of aromatic nitrogens is 2. The Kier molecular flexibility index (Phi) is 10.3. The molecule has 178 valence electrons. The zero-order valence-electron chi connectivity index (χ0n) is 18.1. The average Bonchev–Trinajstić information content (AvgIpc) is 3.16. The lowest BCUT2D eigenvalue weighted by molar-refractivity contribution is -0.141. The highest BCUT2D eigenvalue weighted by Crippen LogP contribution is 2.05. The number of aromatic amines is 1. The molecular weight excluding hydrogens is 424 g/mol. The van der Waals surface area contributed by atoms with Crippen LogP contribution in [0.25, 0.3) is 0 Å². The number of rotatable bonds is 13. The third-order valence-electron chi connectivity index (χ3n) is 4.33. The fourth-order valence-electron chi connectivity index (χ4n) is 2.77. The molecule has 0 saturated heterocycles. The fourth-order valence-corrected chi connectivity index (χ4v) is 2.77. The summed E-state index contributed by atoms with van der Waals surface area (Å²) in [6.45, 7) is 4.90. The Hall–Kier alpha value is -3.48. The third kappa shape index (κ3) is 9.12. The third-order valence-corrected chi connectivity index (χ3v) is 4.33. The van der Waals surface area contributed by atoms with E-state index >= 15 is 0 Å². The van der Waals surface area contributed by atoms with Crippen molar-refractivity contribution in [3.05, 3.63) is 18.2 Å². The van der Waals surface area contributed by atoms with Gasteiger partial charge in [0.25, 0.3) is 0 Å². The monoisotopic (exact) mass is 454 g/mol. The molecule has 0 bridgehead atoms. The van der Waals surface area contributed by atoms with E-state index in [1.54, 1.807) is 0 Å². The highest BCUT2D eigenvalue weighted by Gasteiger charge is 2.32. The molecule has 4 atom stereocenters. The van der Waals surface area contributed by atoms with Gasteiger partial charge >= 0.3 is 5.97 Å². The van der Waals surface area contributed by atoms with Crippen LogP contribution in [0.3, 0.4) is 0 Å². The highest BCUT2D eigenvalue weighted by atomic mass is 16.4. The van der Waals surface area contributed by atoms with Crippen molar-refractivity contribution in [3.8, 4) is 0 Å². The van der Waals surface area contributed by atoms with Crippen LogP contribution in [0.15, 0.2) is 12.5 Å². The van der Waals surface area contributed by atoms with Gasteiger partial charge in [0.1, 0.15) is 18.1 Å². The number of aliphatic carboxylic acids is 1. The van der Waals surface area contributed by atoms with Crippen LogP contribution in [-0.4, -0.2) is 74.0 Å². The van der Waals surface area contributed by atoms with Gasteiger partial charge in [-0.3, -0.25) is 24.0 Å². The number of hydrogen-bond donors (Lipinski definition) is 7. The SMILES string of the molecule is CC(C)CC(=O)N[C@@H](Cc1cnc[nH]1)C(=O)N[C@H](C(=O)N[C@@H](CC(=O)O)C(N)=O)[C@@H](C)O. The first-order valence-electron chi connectivity index (χ1n) is 9.97. The van der Waals surface area contributed by atoms with Crippen LogP contribution < -0.4 is 21.7 Å². The molecule has 0 aromatic carbocycles. The van der Waals surface area contributed by atoms with E-state index in [4.69, 9.17) is 10.8 Å². The molecule has 1 heterocycles. The second-order valence-electron chi connectivity index (χ2n) is 7.79. The molecule has 13 heteroatoms.